The van der Waals surface area contributed by atoms with Crippen molar-refractivity contribution in [2.75, 3.05) is 19.0 Å². The van der Waals surface area contributed by atoms with Crippen LogP contribution in [0.2, 0.25) is 10.0 Å². The van der Waals surface area contributed by atoms with Crippen molar-refractivity contribution in [3.05, 3.63) is 81.8 Å². The van der Waals surface area contributed by atoms with Crippen LogP contribution in [0.15, 0.2) is 65.8 Å². The fraction of sp³-hybridized carbons (Fsp3) is 0.222. The number of ether oxygens (including phenoxy) is 3. The third kappa shape index (κ3) is 8.70. The summed E-state index contributed by atoms with van der Waals surface area (Å²) in [6, 6.07) is 17.0. The number of benzene rings is 3. The van der Waals surface area contributed by atoms with Crippen LogP contribution in [0, 0.1) is 0 Å². The van der Waals surface area contributed by atoms with Gasteiger partial charge in [-0.2, -0.15) is 5.10 Å². The van der Waals surface area contributed by atoms with Crippen molar-refractivity contribution in [3.63, 3.8) is 0 Å². The Kier molecular flexibility index (Phi) is 10.6. The first-order chi connectivity index (χ1) is 17.9. The van der Waals surface area contributed by atoms with Gasteiger partial charge >= 0.3 is 11.8 Å². The van der Waals surface area contributed by atoms with E-state index in [4.69, 9.17) is 37.4 Å². The predicted molar refractivity (Wildman–Crippen MR) is 145 cm³/mol. The third-order valence-corrected chi connectivity index (χ3v) is 5.64. The van der Waals surface area contributed by atoms with Crippen LogP contribution >= 0.6 is 23.2 Å². The van der Waals surface area contributed by atoms with Gasteiger partial charge in [0.1, 0.15) is 12.4 Å². The van der Waals surface area contributed by atoms with E-state index in [0.29, 0.717) is 45.2 Å². The van der Waals surface area contributed by atoms with Crippen molar-refractivity contribution in [3.8, 4) is 17.2 Å². The maximum atomic E-state index is 12.1. The molecule has 2 N–H and O–H groups in total. The highest BCUT2D eigenvalue weighted by Crippen LogP contribution is 2.30. The molecular weight excluding hydrogens is 517 g/mol. The SMILES string of the molecule is CCCCOc1ccc(NC(=O)C(=O)N/N=C\c2ccc(OCc3ccc(Cl)cc3Cl)c(OC)c2)cc1. The molecule has 3 aromatic rings. The number of methoxy groups -OCH3 is 1. The van der Waals surface area contributed by atoms with Crippen molar-refractivity contribution in [2.24, 2.45) is 5.10 Å². The summed E-state index contributed by atoms with van der Waals surface area (Å²) in [6.45, 7) is 2.93. The van der Waals surface area contributed by atoms with Gasteiger partial charge in [0.2, 0.25) is 0 Å². The van der Waals surface area contributed by atoms with Crippen molar-refractivity contribution >= 4 is 46.9 Å². The van der Waals surface area contributed by atoms with Gasteiger partial charge in [-0.1, -0.05) is 42.6 Å². The van der Waals surface area contributed by atoms with Crippen LogP contribution in [0.5, 0.6) is 17.2 Å². The molecule has 194 valence electrons. The first-order valence-electron chi connectivity index (χ1n) is 11.5. The van der Waals surface area contributed by atoms with Gasteiger partial charge in [0.25, 0.3) is 0 Å². The number of hydrazone groups is 1. The van der Waals surface area contributed by atoms with Gasteiger partial charge in [-0.25, -0.2) is 5.43 Å². The molecule has 0 aromatic heterocycles. The summed E-state index contributed by atoms with van der Waals surface area (Å²) < 4.78 is 16.8. The predicted octanol–water partition coefficient (Wildman–Crippen LogP) is 5.85. The summed E-state index contributed by atoms with van der Waals surface area (Å²) >= 11 is 12.1. The summed E-state index contributed by atoms with van der Waals surface area (Å²) in [6.07, 6.45) is 3.39. The lowest BCUT2D eigenvalue weighted by atomic mass is 10.2. The molecule has 0 heterocycles. The average Bonchev–Trinajstić information content (AvgIpc) is 2.89. The van der Waals surface area contributed by atoms with Gasteiger partial charge < -0.3 is 19.5 Å². The van der Waals surface area contributed by atoms with E-state index in [9.17, 15) is 9.59 Å². The van der Waals surface area contributed by atoms with Gasteiger partial charge in [0.15, 0.2) is 11.5 Å². The zero-order valence-electron chi connectivity index (χ0n) is 20.4. The van der Waals surface area contributed by atoms with Crippen LogP contribution in [0.3, 0.4) is 0 Å². The fourth-order valence-corrected chi connectivity index (χ4v) is 3.51. The minimum Gasteiger partial charge on any atom is -0.494 e. The lowest BCUT2D eigenvalue weighted by molar-refractivity contribution is -0.136. The molecule has 0 aliphatic heterocycles. The van der Waals surface area contributed by atoms with Gasteiger partial charge in [-0.15, -0.1) is 0 Å². The standard InChI is InChI=1S/C27H27Cl2N3O5/c1-3-4-13-36-22-10-8-21(9-11-22)31-26(33)27(34)32-30-16-18-5-12-24(25(14-18)35-2)37-17-19-6-7-20(28)15-23(19)29/h5-12,14-16H,3-4,13,17H2,1-2H3,(H,31,33)(H,32,34)/b30-16-. The van der Waals surface area contributed by atoms with Gasteiger partial charge in [0, 0.05) is 21.3 Å². The number of rotatable bonds is 11. The van der Waals surface area contributed by atoms with E-state index in [0.717, 1.165) is 18.4 Å². The maximum Gasteiger partial charge on any atom is 0.329 e. The molecule has 0 fully saturated rings. The summed E-state index contributed by atoms with van der Waals surface area (Å²) in [5.74, 6) is -0.109. The van der Waals surface area contributed by atoms with Crippen molar-refractivity contribution in [1.29, 1.82) is 0 Å². The van der Waals surface area contributed by atoms with Crippen LogP contribution in [0.25, 0.3) is 0 Å². The Bertz CT molecular complexity index is 1250. The van der Waals surface area contributed by atoms with Gasteiger partial charge in [0.05, 0.1) is 19.9 Å². The fourth-order valence-electron chi connectivity index (χ4n) is 3.05. The number of halogens is 2. The topological polar surface area (TPSA) is 98.2 Å². The smallest absolute Gasteiger partial charge is 0.329 e. The number of nitrogens with one attached hydrogen (secondary N) is 2. The molecular formula is C27H27Cl2N3O5. The Labute approximate surface area is 225 Å². The molecule has 0 aliphatic carbocycles. The second-order valence-electron chi connectivity index (χ2n) is 7.81. The second-order valence-corrected chi connectivity index (χ2v) is 8.66. The highest BCUT2D eigenvalue weighted by Gasteiger charge is 2.13. The minimum absolute atomic E-state index is 0.222. The van der Waals surface area contributed by atoms with Crippen LogP contribution in [-0.2, 0) is 16.2 Å². The van der Waals surface area contributed by atoms with Gasteiger partial charge in [-0.05, 0) is 66.6 Å². The Morgan fingerprint density at radius 1 is 0.946 bits per heavy atom. The van der Waals surface area contributed by atoms with E-state index in [1.807, 2.05) is 0 Å². The second kappa shape index (κ2) is 14.1. The summed E-state index contributed by atoms with van der Waals surface area (Å²) in [7, 11) is 1.51. The molecule has 3 aromatic carbocycles. The average molecular weight is 544 g/mol. The molecule has 37 heavy (non-hydrogen) atoms. The number of amides is 2. The summed E-state index contributed by atoms with van der Waals surface area (Å²) in [4.78, 5) is 24.2. The van der Waals surface area contributed by atoms with E-state index in [2.05, 4.69) is 22.8 Å². The monoisotopic (exact) mass is 543 g/mol. The van der Waals surface area contributed by atoms with E-state index >= 15 is 0 Å². The zero-order valence-corrected chi connectivity index (χ0v) is 21.9. The molecule has 0 saturated heterocycles. The quantitative estimate of drug-likeness (QED) is 0.137. The largest absolute Gasteiger partial charge is 0.494 e. The molecule has 0 spiro atoms. The lowest BCUT2D eigenvalue weighted by Crippen LogP contribution is -2.32. The number of carbonyl (C=O) groups is 2. The number of carbonyl (C=O) groups excluding carboxylic acids is 2. The van der Waals surface area contributed by atoms with Crippen molar-refractivity contribution in [2.45, 2.75) is 26.4 Å². The molecule has 0 aliphatic rings. The van der Waals surface area contributed by atoms with Crippen LogP contribution in [0.1, 0.15) is 30.9 Å². The first-order valence-corrected chi connectivity index (χ1v) is 12.3. The molecule has 2 amide bonds. The highest BCUT2D eigenvalue weighted by atomic mass is 35.5. The molecule has 0 radical (unpaired) electrons. The first kappa shape index (κ1) is 27.8. The highest BCUT2D eigenvalue weighted by molar-refractivity contribution is 6.39. The third-order valence-electron chi connectivity index (χ3n) is 5.05. The van der Waals surface area contributed by atoms with E-state index in [1.165, 1.54) is 13.3 Å². The number of anilines is 1. The molecule has 0 saturated carbocycles. The maximum absolute atomic E-state index is 12.1. The van der Waals surface area contributed by atoms with Crippen LogP contribution in [0.4, 0.5) is 5.69 Å². The minimum atomic E-state index is -0.911. The van der Waals surface area contributed by atoms with E-state index < -0.39 is 11.8 Å². The molecule has 0 atom stereocenters. The number of hydrogen-bond donors (Lipinski definition) is 2. The molecule has 10 heteroatoms. The lowest BCUT2D eigenvalue weighted by Gasteiger charge is -2.12. The number of hydrogen-bond acceptors (Lipinski definition) is 6. The number of nitrogens with zero attached hydrogens (tertiary/aromatic N) is 1. The van der Waals surface area contributed by atoms with E-state index in [-0.39, 0.29) is 6.61 Å². The van der Waals surface area contributed by atoms with Crippen LogP contribution < -0.4 is 25.0 Å². The van der Waals surface area contributed by atoms with Gasteiger partial charge in [-0.3, -0.25) is 9.59 Å². The number of unbranched alkanes of at least 4 members (excludes halogenated alkanes) is 1. The normalized spacial score (nSPS) is 10.7. The van der Waals surface area contributed by atoms with Crippen molar-refractivity contribution in [1.82, 2.24) is 5.43 Å². The molecule has 3 rings (SSSR count). The Morgan fingerprint density at radius 2 is 1.73 bits per heavy atom. The summed E-state index contributed by atoms with van der Waals surface area (Å²) in [5.41, 5.74) is 4.06. The van der Waals surface area contributed by atoms with Crippen molar-refractivity contribution < 1.29 is 23.8 Å². The zero-order chi connectivity index (χ0) is 26.6. The Morgan fingerprint density at radius 3 is 2.43 bits per heavy atom. The summed E-state index contributed by atoms with van der Waals surface area (Å²) in [5, 5.41) is 7.40. The molecule has 0 bridgehead atoms. The Hall–Kier alpha value is -3.75. The van der Waals surface area contributed by atoms with Crippen LogP contribution in [-0.4, -0.2) is 31.7 Å². The molecule has 0 unspecified atom stereocenters. The Balaban J connectivity index is 1.51. The molecule has 8 nitrogen and oxygen atoms in total. The van der Waals surface area contributed by atoms with E-state index in [1.54, 1.807) is 60.7 Å².